The maximum atomic E-state index is 12.6. The molecule has 0 radical (unpaired) electrons. The van der Waals surface area contributed by atoms with Gasteiger partial charge in [0, 0.05) is 10.8 Å². The summed E-state index contributed by atoms with van der Waals surface area (Å²) in [7, 11) is 0. The van der Waals surface area contributed by atoms with Crippen LogP contribution in [0, 0.1) is 22.0 Å². The molecular formula is C23H26N2O5. The molecule has 1 saturated carbocycles. The molecule has 0 bridgehead atoms. The Bertz CT molecular complexity index is 876. The third-order valence-electron chi connectivity index (χ3n) is 6.22. The minimum Gasteiger partial charge on any atom is -0.464 e. The summed E-state index contributed by atoms with van der Waals surface area (Å²) < 4.78 is 5.26. The average Bonchev–Trinajstić information content (AvgIpc) is 3.34. The number of rotatable bonds is 7. The van der Waals surface area contributed by atoms with Gasteiger partial charge in [0.25, 0.3) is 0 Å². The van der Waals surface area contributed by atoms with E-state index in [1.54, 1.807) is 12.0 Å². The molecule has 1 aliphatic carbocycles. The fraction of sp³-hybridized carbons (Fsp3) is 0.435. The Morgan fingerprint density at radius 3 is 2.47 bits per heavy atom. The van der Waals surface area contributed by atoms with E-state index in [9.17, 15) is 14.9 Å². The highest BCUT2D eigenvalue weighted by Gasteiger charge is 2.56. The van der Waals surface area contributed by atoms with Crippen molar-refractivity contribution < 1.29 is 19.3 Å². The van der Waals surface area contributed by atoms with Crippen molar-refractivity contribution in [2.75, 3.05) is 18.2 Å². The standard InChI is InChI=1S/C23H26N2O5/c1-2-29-23(26)22-19-14-13-18(20(15-24(27)28)16-9-5-3-6-10-16)21(19)25(30-22)17-11-7-4-8-12-17/h3-12,18-22H,2,13-15H2,1H3/t18-,19-,20+,21-,22-/m0/s1. The van der Waals surface area contributed by atoms with E-state index in [-0.39, 0.29) is 41.2 Å². The summed E-state index contributed by atoms with van der Waals surface area (Å²) in [5, 5.41) is 13.3. The van der Waals surface area contributed by atoms with Crippen LogP contribution >= 0.6 is 0 Å². The molecule has 1 saturated heterocycles. The zero-order chi connectivity index (χ0) is 21.1. The van der Waals surface area contributed by atoms with E-state index in [0.29, 0.717) is 6.61 Å². The van der Waals surface area contributed by atoms with Gasteiger partial charge in [-0.05, 0) is 43.4 Å². The Morgan fingerprint density at radius 2 is 1.83 bits per heavy atom. The lowest BCUT2D eigenvalue weighted by atomic mass is 9.80. The summed E-state index contributed by atoms with van der Waals surface area (Å²) in [4.78, 5) is 30.0. The number of carbonyl (C=O) groups excluding carboxylic acids is 1. The molecule has 2 fully saturated rings. The molecule has 0 unspecified atom stereocenters. The van der Waals surface area contributed by atoms with E-state index in [1.807, 2.05) is 60.7 Å². The zero-order valence-electron chi connectivity index (χ0n) is 16.9. The first-order chi connectivity index (χ1) is 14.6. The lowest BCUT2D eigenvalue weighted by Crippen LogP contribution is -2.39. The van der Waals surface area contributed by atoms with Crippen LogP contribution in [0.2, 0.25) is 0 Å². The quantitative estimate of drug-likeness (QED) is 0.392. The lowest BCUT2D eigenvalue weighted by Gasteiger charge is -2.32. The smallest absolute Gasteiger partial charge is 0.338 e. The second kappa shape index (κ2) is 8.83. The first-order valence-corrected chi connectivity index (χ1v) is 10.4. The number of benzene rings is 2. The van der Waals surface area contributed by atoms with E-state index in [4.69, 9.17) is 9.57 Å². The molecule has 30 heavy (non-hydrogen) atoms. The number of hydroxylamine groups is 1. The van der Waals surface area contributed by atoms with Crippen LogP contribution in [0.1, 0.15) is 31.2 Å². The number of carbonyl (C=O) groups is 1. The van der Waals surface area contributed by atoms with Crippen molar-refractivity contribution in [2.45, 2.75) is 37.8 Å². The molecular weight excluding hydrogens is 384 g/mol. The van der Waals surface area contributed by atoms with Gasteiger partial charge in [-0.3, -0.25) is 15.0 Å². The van der Waals surface area contributed by atoms with Gasteiger partial charge in [-0.25, -0.2) is 9.86 Å². The lowest BCUT2D eigenvalue weighted by molar-refractivity contribution is -0.485. The summed E-state index contributed by atoms with van der Waals surface area (Å²) >= 11 is 0. The molecule has 0 amide bonds. The van der Waals surface area contributed by atoms with E-state index in [0.717, 1.165) is 24.1 Å². The predicted octanol–water partition coefficient (Wildman–Crippen LogP) is 3.83. The maximum Gasteiger partial charge on any atom is 0.338 e. The molecule has 2 aliphatic rings. The highest BCUT2D eigenvalue weighted by molar-refractivity contribution is 5.76. The maximum absolute atomic E-state index is 12.6. The number of fused-ring (bicyclic) bond motifs is 1. The van der Waals surface area contributed by atoms with Gasteiger partial charge < -0.3 is 4.74 Å². The number of nitro groups is 1. The normalized spacial score (nSPS) is 26.2. The molecule has 2 aromatic carbocycles. The Hall–Kier alpha value is -2.93. The summed E-state index contributed by atoms with van der Waals surface area (Å²) in [5.41, 5.74) is 1.80. The van der Waals surface area contributed by atoms with Crippen molar-refractivity contribution >= 4 is 11.7 Å². The van der Waals surface area contributed by atoms with E-state index >= 15 is 0 Å². The van der Waals surface area contributed by atoms with Gasteiger partial charge in [-0.2, -0.15) is 0 Å². The van der Waals surface area contributed by atoms with Gasteiger partial charge in [-0.15, -0.1) is 0 Å². The summed E-state index contributed by atoms with van der Waals surface area (Å²) in [6.45, 7) is 1.92. The molecule has 0 spiro atoms. The van der Waals surface area contributed by atoms with Gasteiger partial charge >= 0.3 is 5.97 Å². The number of ether oxygens (including phenoxy) is 1. The Kier molecular flexibility index (Phi) is 5.99. The first kappa shape index (κ1) is 20.3. The molecule has 1 aliphatic heterocycles. The molecule has 4 rings (SSSR count). The third-order valence-corrected chi connectivity index (χ3v) is 6.22. The van der Waals surface area contributed by atoms with Crippen LogP contribution < -0.4 is 5.06 Å². The minimum absolute atomic E-state index is 0.0116. The van der Waals surface area contributed by atoms with Crippen LogP contribution in [0.4, 0.5) is 5.69 Å². The summed E-state index contributed by atoms with van der Waals surface area (Å²) in [6, 6.07) is 19.1. The van der Waals surface area contributed by atoms with Crippen LogP contribution in [0.15, 0.2) is 60.7 Å². The van der Waals surface area contributed by atoms with Gasteiger partial charge in [0.2, 0.25) is 6.54 Å². The fourth-order valence-corrected chi connectivity index (χ4v) is 5.03. The van der Waals surface area contributed by atoms with E-state index in [1.165, 1.54) is 0 Å². The van der Waals surface area contributed by atoms with Crippen LogP contribution in [0.25, 0.3) is 0 Å². The van der Waals surface area contributed by atoms with Gasteiger partial charge in [0.1, 0.15) is 0 Å². The highest BCUT2D eigenvalue weighted by Crippen LogP contribution is 2.50. The number of hydrogen-bond donors (Lipinski definition) is 0. The zero-order valence-corrected chi connectivity index (χ0v) is 16.9. The van der Waals surface area contributed by atoms with Crippen molar-refractivity contribution in [3.05, 3.63) is 76.3 Å². The minimum atomic E-state index is -0.688. The van der Waals surface area contributed by atoms with Gasteiger partial charge in [-0.1, -0.05) is 48.5 Å². The van der Waals surface area contributed by atoms with Crippen LogP contribution in [0.5, 0.6) is 0 Å². The fourth-order valence-electron chi connectivity index (χ4n) is 5.03. The molecule has 2 aromatic rings. The number of para-hydroxylation sites is 1. The average molecular weight is 410 g/mol. The molecule has 1 heterocycles. The van der Waals surface area contributed by atoms with Crippen molar-refractivity contribution in [1.82, 2.24) is 0 Å². The van der Waals surface area contributed by atoms with Gasteiger partial charge in [0.15, 0.2) is 6.10 Å². The molecule has 7 heteroatoms. The third kappa shape index (κ3) is 3.89. The number of esters is 1. The van der Waals surface area contributed by atoms with Crippen LogP contribution in [0.3, 0.4) is 0 Å². The Labute approximate surface area is 175 Å². The number of hydrogen-bond acceptors (Lipinski definition) is 6. The topological polar surface area (TPSA) is 81.9 Å². The van der Waals surface area contributed by atoms with Crippen molar-refractivity contribution in [2.24, 2.45) is 11.8 Å². The second-order valence-corrected chi connectivity index (χ2v) is 7.87. The first-order valence-electron chi connectivity index (χ1n) is 10.4. The van der Waals surface area contributed by atoms with Crippen molar-refractivity contribution in [3.8, 4) is 0 Å². The summed E-state index contributed by atoms with van der Waals surface area (Å²) in [5.74, 6) is -0.696. The molecule has 0 N–H and O–H groups in total. The number of anilines is 1. The largest absolute Gasteiger partial charge is 0.464 e. The SMILES string of the molecule is CCOC(=O)[C@H]1ON(c2ccccc2)[C@H]2[C@H]([C@H](C[N+](=O)[O-])c3ccccc3)CC[C@@H]21. The van der Waals surface area contributed by atoms with Gasteiger partial charge in [0.05, 0.1) is 24.3 Å². The van der Waals surface area contributed by atoms with Crippen molar-refractivity contribution in [1.29, 1.82) is 0 Å². The predicted molar refractivity (Wildman–Crippen MR) is 111 cm³/mol. The van der Waals surface area contributed by atoms with Crippen LogP contribution in [-0.4, -0.2) is 36.2 Å². The Morgan fingerprint density at radius 1 is 1.17 bits per heavy atom. The van der Waals surface area contributed by atoms with E-state index in [2.05, 4.69) is 0 Å². The molecule has 158 valence electrons. The molecule has 5 atom stereocenters. The molecule has 7 nitrogen and oxygen atoms in total. The number of nitrogens with zero attached hydrogens (tertiary/aromatic N) is 2. The van der Waals surface area contributed by atoms with Crippen LogP contribution in [-0.2, 0) is 14.4 Å². The monoisotopic (exact) mass is 410 g/mol. The molecule has 0 aromatic heterocycles. The highest BCUT2D eigenvalue weighted by atomic mass is 16.7. The Balaban J connectivity index is 1.71. The van der Waals surface area contributed by atoms with Crippen molar-refractivity contribution in [3.63, 3.8) is 0 Å². The second-order valence-electron chi connectivity index (χ2n) is 7.87. The van der Waals surface area contributed by atoms with E-state index < -0.39 is 6.10 Å². The summed E-state index contributed by atoms with van der Waals surface area (Å²) in [6.07, 6.45) is 0.876.